The molecule has 0 aliphatic heterocycles. The van der Waals surface area contributed by atoms with E-state index in [0.29, 0.717) is 0 Å². The number of hydrogen-bond donors (Lipinski definition) is 0. The maximum Gasteiger partial charge on any atom is 0.145 e. The van der Waals surface area contributed by atoms with Crippen LogP contribution in [0.5, 0.6) is 0 Å². The van der Waals surface area contributed by atoms with Crippen molar-refractivity contribution in [2.24, 2.45) is 0 Å². The smallest absolute Gasteiger partial charge is 0.145 e. The monoisotopic (exact) mass is 696 g/mol. The molecule has 11 aromatic rings. The molecule has 12 rings (SSSR count). The Morgan fingerprint density at radius 2 is 0.782 bits per heavy atom. The first-order valence-corrected chi connectivity index (χ1v) is 19.0. The highest BCUT2D eigenvalue weighted by Gasteiger charge is 2.26. The van der Waals surface area contributed by atoms with Crippen LogP contribution in [-0.4, -0.2) is 9.55 Å². The maximum atomic E-state index is 5.50. The first kappa shape index (κ1) is 30.2. The van der Waals surface area contributed by atoms with Gasteiger partial charge in [0, 0.05) is 22.0 Å². The number of aromatic nitrogens is 2. The van der Waals surface area contributed by atoms with E-state index in [1.165, 1.54) is 82.2 Å². The molecule has 0 N–H and O–H groups in total. The van der Waals surface area contributed by atoms with Crippen molar-refractivity contribution < 1.29 is 0 Å². The molecular weight excluding hydrogens is 665 g/mol. The van der Waals surface area contributed by atoms with E-state index in [0.717, 1.165) is 33.5 Å². The van der Waals surface area contributed by atoms with Crippen molar-refractivity contribution in [2.45, 2.75) is 0 Å². The van der Waals surface area contributed by atoms with Gasteiger partial charge in [0.1, 0.15) is 5.82 Å². The Kier molecular flexibility index (Phi) is 6.37. The Morgan fingerprint density at radius 1 is 0.309 bits per heavy atom. The number of para-hydroxylation sites is 1. The van der Waals surface area contributed by atoms with Crippen molar-refractivity contribution in [2.75, 3.05) is 0 Å². The van der Waals surface area contributed by atoms with E-state index in [9.17, 15) is 0 Å². The largest absolute Gasteiger partial charge is 0.292 e. The molecular formula is C53H32N2. The lowest BCUT2D eigenvalue weighted by Gasteiger charge is -2.19. The third-order valence-corrected chi connectivity index (χ3v) is 11.7. The number of imidazole rings is 1. The SMILES string of the molecule is c1ccc(-n2c(-c3ccc(-c4c5ccccc5c5c6c(cccc46)-c4ccccc4-c4ccccc4-5)cc3)nc3c4ccccc4c4ccccc4c32)cc1. The van der Waals surface area contributed by atoms with Crippen LogP contribution in [0, 0.1) is 0 Å². The standard InChI is InChI=1S/C53H32N2/c1-2-15-35(16-3-1)55-52-46-26-13-8-21-40(46)39-20-7-12-25-45(39)51(52)54-53(55)34-31-29-33(30-32-34)48-43-23-10-11-24-44(43)49-41-22-9-6-19-37(41)36-17-4-5-18-38(36)42-27-14-28-47(48)50(42)49/h1-32H. The van der Waals surface area contributed by atoms with E-state index in [-0.39, 0.29) is 0 Å². The van der Waals surface area contributed by atoms with Crippen LogP contribution in [0.2, 0.25) is 0 Å². The van der Waals surface area contributed by atoms with Gasteiger partial charge < -0.3 is 0 Å². The lowest BCUT2D eigenvalue weighted by molar-refractivity contribution is 1.11. The van der Waals surface area contributed by atoms with E-state index < -0.39 is 0 Å². The summed E-state index contributed by atoms with van der Waals surface area (Å²) in [6, 6.07) is 70.8. The summed E-state index contributed by atoms with van der Waals surface area (Å²) in [7, 11) is 0. The van der Waals surface area contributed by atoms with Crippen LogP contribution in [0.1, 0.15) is 0 Å². The summed E-state index contributed by atoms with van der Waals surface area (Å²) >= 11 is 0. The highest BCUT2D eigenvalue weighted by atomic mass is 15.1. The summed E-state index contributed by atoms with van der Waals surface area (Å²) in [5.41, 5.74) is 14.5. The second-order valence-corrected chi connectivity index (χ2v) is 14.6. The van der Waals surface area contributed by atoms with E-state index >= 15 is 0 Å². The molecule has 254 valence electrons. The van der Waals surface area contributed by atoms with Gasteiger partial charge in [0.15, 0.2) is 0 Å². The number of hydrogen-bond acceptors (Lipinski definition) is 1. The lowest BCUT2D eigenvalue weighted by atomic mass is 9.84. The molecule has 0 radical (unpaired) electrons. The van der Waals surface area contributed by atoms with Gasteiger partial charge in [0.25, 0.3) is 0 Å². The highest BCUT2D eigenvalue weighted by Crippen LogP contribution is 2.52. The predicted molar refractivity (Wildman–Crippen MR) is 232 cm³/mol. The summed E-state index contributed by atoms with van der Waals surface area (Å²) < 4.78 is 2.36. The molecule has 1 heterocycles. The molecule has 1 aromatic heterocycles. The van der Waals surface area contributed by atoms with Crippen LogP contribution in [0.25, 0.3) is 116 Å². The molecule has 10 aromatic carbocycles. The molecule has 0 bridgehead atoms. The van der Waals surface area contributed by atoms with E-state index in [2.05, 4.69) is 199 Å². The van der Waals surface area contributed by atoms with E-state index in [1.807, 2.05) is 0 Å². The third-order valence-electron chi connectivity index (χ3n) is 11.7. The number of rotatable bonds is 3. The molecule has 2 heteroatoms. The van der Waals surface area contributed by atoms with Crippen molar-refractivity contribution in [1.29, 1.82) is 0 Å². The average Bonchev–Trinajstić information content (AvgIpc) is 3.62. The van der Waals surface area contributed by atoms with Gasteiger partial charge in [-0.1, -0.05) is 182 Å². The summed E-state index contributed by atoms with van der Waals surface area (Å²) in [5, 5.41) is 9.92. The van der Waals surface area contributed by atoms with Gasteiger partial charge >= 0.3 is 0 Å². The zero-order chi connectivity index (χ0) is 36.0. The molecule has 0 atom stereocenters. The number of nitrogens with zero attached hydrogens (tertiary/aromatic N) is 2. The number of fused-ring (bicyclic) bond motifs is 13. The first-order chi connectivity index (χ1) is 27.3. The minimum atomic E-state index is 0.931. The fourth-order valence-corrected chi connectivity index (χ4v) is 9.45. The Labute approximate surface area is 318 Å². The van der Waals surface area contributed by atoms with Crippen LogP contribution >= 0.6 is 0 Å². The molecule has 2 nitrogen and oxygen atoms in total. The van der Waals surface area contributed by atoms with Crippen molar-refractivity contribution in [1.82, 2.24) is 9.55 Å². The first-order valence-electron chi connectivity index (χ1n) is 19.0. The molecule has 0 unspecified atom stereocenters. The summed E-state index contributed by atoms with van der Waals surface area (Å²) in [5.74, 6) is 0.931. The van der Waals surface area contributed by atoms with Gasteiger partial charge in [-0.2, -0.15) is 0 Å². The fraction of sp³-hybridized carbons (Fsp3) is 0. The molecule has 0 saturated heterocycles. The highest BCUT2D eigenvalue weighted by molar-refractivity contribution is 6.27. The van der Waals surface area contributed by atoms with Crippen molar-refractivity contribution >= 4 is 54.1 Å². The van der Waals surface area contributed by atoms with Crippen LogP contribution in [0.15, 0.2) is 194 Å². The van der Waals surface area contributed by atoms with Crippen LogP contribution in [0.3, 0.4) is 0 Å². The Morgan fingerprint density at radius 3 is 1.49 bits per heavy atom. The van der Waals surface area contributed by atoms with Crippen LogP contribution in [-0.2, 0) is 0 Å². The van der Waals surface area contributed by atoms with Crippen LogP contribution < -0.4 is 0 Å². The minimum absolute atomic E-state index is 0.931. The summed E-state index contributed by atoms with van der Waals surface area (Å²) in [6.07, 6.45) is 0. The van der Waals surface area contributed by atoms with Crippen LogP contribution in [0.4, 0.5) is 0 Å². The van der Waals surface area contributed by atoms with Gasteiger partial charge in [-0.05, 0) is 89.0 Å². The van der Waals surface area contributed by atoms with Crippen molar-refractivity contribution in [3.63, 3.8) is 0 Å². The Hall–Kier alpha value is -7.29. The number of benzene rings is 10. The third kappa shape index (κ3) is 4.28. The maximum absolute atomic E-state index is 5.50. The second-order valence-electron chi connectivity index (χ2n) is 14.6. The molecule has 1 aliphatic carbocycles. The van der Waals surface area contributed by atoms with Crippen molar-refractivity contribution in [3.8, 4) is 61.6 Å². The normalized spacial score (nSPS) is 12.0. The van der Waals surface area contributed by atoms with Gasteiger partial charge in [0.2, 0.25) is 0 Å². The minimum Gasteiger partial charge on any atom is -0.292 e. The molecule has 0 amide bonds. The van der Waals surface area contributed by atoms with Crippen molar-refractivity contribution in [3.05, 3.63) is 194 Å². The lowest BCUT2D eigenvalue weighted by Crippen LogP contribution is -1.98. The summed E-state index contributed by atoms with van der Waals surface area (Å²) in [4.78, 5) is 5.50. The van der Waals surface area contributed by atoms with Gasteiger partial charge in [-0.15, -0.1) is 0 Å². The molecule has 0 spiro atoms. The Balaban J connectivity index is 1.13. The van der Waals surface area contributed by atoms with E-state index in [1.54, 1.807) is 0 Å². The average molecular weight is 697 g/mol. The van der Waals surface area contributed by atoms with Gasteiger partial charge in [-0.3, -0.25) is 4.57 Å². The predicted octanol–water partition coefficient (Wildman–Crippen LogP) is 14.3. The zero-order valence-corrected chi connectivity index (χ0v) is 29.9. The fourth-order valence-electron chi connectivity index (χ4n) is 9.45. The van der Waals surface area contributed by atoms with Gasteiger partial charge in [-0.25, -0.2) is 4.98 Å². The second kappa shape index (κ2) is 11.6. The topological polar surface area (TPSA) is 17.8 Å². The molecule has 0 fully saturated rings. The van der Waals surface area contributed by atoms with E-state index in [4.69, 9.17) is 4.98 Å². The van der Waals surface area contributed by atoms with Gasteiger partial charge in [0.05, 0.1) is 11.0 Å². The molecule has 1 aliphatic rings. The quantitative estimate of drug-likeness (QED) is 0.133. The Bertz CT molecular complexity index is 3350. The molecule has 55 heavy (non-hydrogen) atoms. The molecule has 0 saturated carbocycles. The zero-order valence-electron chi connectivity index (χ0n) is 29.9. The summed E-state index contributed by atoms with van der Waals surface area (Å²) in [6.45, 7) is 0.